The fraction of sp³-hybridized carbons (Fsp3) is 0.949. The van der Waals surface area contributed by atoms with Crippen LogP contribution in [0.25, 0.3) is 0 Å². The second-order valence-corrected chi connectivity index (χ2v) is 14.8. The van der Waals surface area contributed by atoms with Crippen molar-refractivity contribution < 1.29 is 46.7 Å². The van der Waals surface area contributed by atoms with Gasteiger partial charge in [0.25, 0.3) is 0 Å². The van der Waals surface area contributed by atoms with Gasteiger partial charge < -0.3 is 4.55 Å². The Morgan fingerprint density at radius 1 is 0.489 bits per heavy atom. The van der Waals surface area contributed by atoms with Crippen LogP contribution in [0.15, 0.2) is 12.2 Å². The van der Waals surface area contributed by atoms with Crippen LogP contribution in [0.1, 0.15) is 226 Å². The average molecular weight is 665 g/mol. The van der Waals surface area contributed by atoms with E-state index in [0.29, 0.717) is 0 Å². The summed E-state index contributed by atoms with van der Waals surface area (Å²) in [6, 6.07) is 0. The molecule has 6 heteroatoms. The number of rotatable bonds is 37. The molecule has 0 aliphatic carbocycles. The van der Waals surface area contributed by atoms with Gasteiger partial charge in [-0.05, 0) is 19.3 Å². The molecule has 0 aromatic rings. The molecule has 0 N–H and O–H groups in total. The average Bonchev–Trinajstić information content (AvgIpc) is 3.00. The van der Waals surface area contributed by atoms with Crippen molar-refractivity contribution in [1.29, 1.82) is 0 Å². The third-order valence-corrected chi connectivity index (χ3v) is 9.66. The molecule has 0 aliphatic rings. The summed E-state index contributed by atoms with van der Waals surface area (Å²) in [4.78, 5) is 0. The summed E-state index contributed by atoms with van der Waals surface area (Å²) in [7, 11) is -4.63. The van der Waals surface area contributed by atoms with E-state index >= 15 is 0 Å². The van der Waals surface area contributed by atoms with E-state index in [0.717, 1.165) is 19.3 Å². The molecule has 0 saturated heterocycles. The smallest absolute Gasteiger partial charge is 0.726 e. The molecular formula is C39H77NaO4S. The van der Waals surface area contributed by atoms with Crippen LogP contribution in [-0.4, -0.2) is 19.6 Å². The Balaban J connectivity index is 0. The molecule has 0 bridgehead atoms. The minimum Gasteiger partial charge on any atom is -0.726 e. The molecule has 264 valence electrons. The molecule has 45 heavy (non-hydrogen) atoms. The first-order valence-electron chi connectivity index (χ1n) is 19.8. The summed E-state index contributed by atoms with van der Waals surface area (Å²) in [6.07, 6.45) is 48.2. The van der Waals surface area contributed by atoms with Crippen LogP contribution < -0.4 is 29.6 Å². The Morgan fingerprint density at radius 3 is 1.09 bits per heavy atom. The zero-order chi connectivity index (χ0) is 32.2. The maximum atomic E-state index is 11.0. The van der Waals surface area contributed by atoms with Crippen molar-refractivity contribution in [2.24, 2.45) is 5.92 Å². The van der Waals surface area contributed by atoms with Crippen molar-refractivity contribution >= 4 is 10.4 Å². The van der Waals surface area contributed by atoms with Crippen molar-refractivity contribution in [2.75, 3.05) is 6.61 Å². The van der Waals surface area contributed by atoms with Crippen LogP contribution in [-0.2, 0) is 14.6 Å². The quantitative estimate of drug-likeness (QED) is 0.0218. The molecule has 0 heterocycles. The number of allylic oxidation sites excluding steroid dienone is 1. The van der Waals surface area contributed by atoms with E-state index < -0.39 is 10.4 Å². The van der Waals surface area contributed by atoms with Gasteiger partial charge in [-0.1, -0.05) is 219 Å². The predicted octanol–water partition coefficient (Wildman–Crippen LogP) is 10.6. The number of hydrogen-bond acceptors (Lipinski definition) is 4. The summed E-state index contributed by atoms with van der Waals surface area (Å²) >= 11 is 0. The molecule has 0 aromatic carbocycles. The second-order valence-electron chi connectivity index (χ2n) is 13.7. The molecule has 0 aliphatic heterocycles. The van der Waals surface area contributed by atoms with Crippen molar-refractivity contribution in [3.63, 3.8) is 0 Å². The number of unbranched alkanes of at least 4 members (excludes halogenated alkanes) is 30. The topological polar surface area (TPSA) is 66.4 Å². The molecular weight excluding hydrogens is 587 g/mol. The first kappa shape index (κ1) is 47.7. The second kappa shape index (κ2) is 39.1. The summed E-state index contributed by atoms with van der Waals surface area (Å²) < 4.78 is 37.6. The monoisotopic (exact) mass is 665 g/mol. The first-order chi connectivity index (χ1) is 21.5. The zero-order valence-electron chi connectivity index (χ0n) is 30.8. The Bertz CT molecular complexity index is 683. The molecule has 0 radical (unpaired) electrons. The maximum absolute atomic E-state index is 11.0. The molecule has 1 atom stereocenters. The fourth-order valence-electron chi connectivity index (χ4n) is 6.28. The standard InChI is InChI=1S/C39H78O4S.Na/c1-3-5-7-9-11-13-15-17-19-21-23-25-27-29-31-33-35-37-39(38-43-44(40,41)42)36-34-32-30-28-26-24-22-20-18-16-14-12-10-8-6-4-2;/h35,37,39H,3-34,36,38H2,1-2H3,(H,40,41,42);/q;+1/p-1/b37-35+;. The largest absolute Gasteiger partial charge is 1.00 e. The van der Waals surface area contributed by atoms with Gasteiger partial charge in [-0.15, -0.1) is 0 Å². The van der Waals surface area contributed by atoms with Gasteiger partial charge in [-0.3, -0.25) is 4.18 Å². The van der Waals surface area contributed by atoms with Crippen LogP contribution in [0.5, 0.6) is 0 Å². The van der Waals surface area contributed by atoms with Gasteiger partial charge in [0.1, 0.15) is 0 Å². The summed E-state index contributed by atoms with van der Waals surface area (Å²) in [5.41, 5.74) is 0. The Labute approximate surface area is 305 Å². The third-order valence-electron chi connectivity index (χ3n) is 9.24. The third kappa shape index (κ3) is 42.6. The van der Waals surface area contributed by atoms with Crippen LogP contribution in [0, 0.1) is 5.92 Å². The van der Waals surface area contributed by atoms with Crippen LogP contribution >= 0.6 is 0 Å². The molecule has 0 amide bonds. The van der Waals surface area contributed by atoms with E-state index in [-0.39, 0.29) is 42.1 Å². The van der Waals surface area contributed by atoms with E-state index in [4.69, 9.17) is 0 Å². The van der Waals surface area contributed by atoms with Crippen LogP contribution in [0.2, 0.25) is 0 Å². The van der Waals surface area contributed by atoms with Gasteiger partial charge in [-0.2, -0.15) is 0 Å². The first-order valence-corrected chi connectivity index (χ1v) is 21.1. The van der Waals surface area contributed by atoms with Gasteiger partial charge in [0, 0.05) is 5.92 Å². The van der Waals surface area contributed by atoms with Crippen molar-refractivity contribution in [3.8, 4) is 0 Å². The van der Waals surface area contributed by atoms with E-state index in [9.17, 15) is 13.0 Å². The van der Waals surface area contributed by atoms with Gasteiger partial charge in [0.15, 0.2) is 0 Å². The van der Waals surface area contributed by atoms with E-state index in [1.165, 1.54) is 193 Å². The Hall–Kier alpha value is 0.610. The Morgan fingerprint density at radius 2 is 0.778 bits per heavy atom. The zero-order valence-corrected chi connectivity index (χ0v) is 33.6. The summed E-state index contributed by atoms with van der Waals surface area (Å²) in [5, 5.41) is 0. The fourth-order valence-corrected chi connectivity index (χ4v) is 6.62. The normalized spacial score (nSPS) is 12.6. The van der Waals surface area contributed by atoms with Gasteiger partial charge in [0.2, 0.25) is 10.4 Å². The van der Waals surface area contributed by atoms with Crippen molar-refractivity contribution in [1.82, 2.24) is 0 Å². The van der Waals surface area contributed by atoms with Crippen LogP contribution in [0.4, 0.5) is 0 Å². The molecule has 4 nitrogen and oxygen atoms in total. The van der Waals surface area contributed by atoms with E-state index in [1.54, 1.807) is 0 Å². The Kier molecular flexibility index (Phi) is 41.4. The minimum absolute atomic E-state index is 0. The van der Waals surface area contributed by atoms with E-state index in [1.807, 2.05) is 0 Å². The SMILES string of the molecule is CCCCCCCCCCCCCCCCC/C=C/C(CCCCCCCCCCCCCCCCCC)COS(=O)(=O)[O-].[Na+]. The number of hydrogen-bond donors (Lipinski definition) is 0. The minimum atomic E-state index is -4.63. The maximum Gasteiger partial charge on any atom is 1.00 e. The van der Waals surface area contributed by atoms with Crippen molar-refractivity contribution in [3.05, 3.63) is 12.2 Å². The van der Waals surface area contributed by atoms with Crippen molar-refractivity contribution in [2.45, 2.75) is 226 Å². The van der Waals surface area contributed by atoms with Crippen LogP contribution in [0.3, 0.4) is 0 Å². The molecule has 0 rings (SSSR count). The molecule has 0 spiro atoms. The molecule has 0 saturated carbocycles. The summed E-state index contributed by atoms with van der Waals surface area (Å²) in [6.45, 7) is 4.55. The predicted molar refractivity (Wildman–Crippen MR) is 192 cm³/mol. The molecule has 1 unspecified atom stereocenters. The summed E-state index contributed by atoms with van der Waals surface area (Å²) in [5.74, 6) is 0.0155. The van der Waals surface area contributed by atoms with Gasteiger partial charge >= 0.3 is 29.6 Å². The van der Waals surface area contributed by atoms with Gasteiger partial charge in [0.05, 0.1) is 6.61 Å². The molecule has 0 fully saturated rings. The molecule has 0 aromatic heterocycles. The van der Waals surface area contributed by atoms with E-state index in [2.05, 4.69) is 30.2 Å². The van der Waals surface area contributed by atoms with Gasteiger partial charge in [-0.25, -0.2) is 8.42 Å².